The minimum absolute atomic E-state index is 0.199. The number of guanidine groups is 1. The third-order valence-electron chi connectivity index (χ3n) is 4.61. The van der Waals surface area contributed by atoms with Crippen molar-refractivity contribution in [1.82, 2.24) is 10.6 Å². The summed E-state index contributed by atoms with van der Waals surface area (Å²) in [6.45, 7) is 4.65. The Bertz CT molecular complexity index is 825. The van der Waals surface area contributed by atoms with Gasteiger partial charge in [-0.1, -0.05) is 12.1 Å². The van der Waals surface area contributed by atoms with E-state index in [0.717, 1.165) is 48.1 Å². The Balaban J connectivity index is 1.54. The quantitative estimate of drug-likeness (QED) is 0.526. The summed E-state index contributed by atoms with van der Waals surface area (Å²) in [5.41, 5.74) is 2.79. The Morgan fingerprint density at radius 3 is 2.76 bits per heavy atom. The van der Waals surface area contributed by atoms with E-state index in [4.69, 9.17) is 14.2 Å². The lowest BCUT2D eigenvalue weighted by atomic mass is 10.1. The number of benzene rings is 2. The van der Waals surface area contributed by atoms with Crippen LogP contribution in [0.5, 0.6) is 11.5 Å². The van der Waals surface area contributed by atoms with E-state index in [-0.39, 0.29) is 12.6 Å². The van der Waals surface area contributed by atoms with E-state index in [9.17, 15) is 4.39 Å². The number of nitrogens with one attached hydrogen (secondary N) is 2. The Hall–Kier alpha value is -2.80. The van der Waals surface area contributed by atoms with Crippen molar-refractivity contribution in [3.63, 3.8) is 0 Å². The molecule has 0 radical (unpaired) electrons. The fraction of sp³-hybridized carbons (Fsp3) is 0.409. The van der Waals surface area contributed by atoms with Crippen LogP contribution in [0.1, 0.15) is 23.6 Å². The van der Waals surface area contributed by atoms with Gasteiger partial charge in [0.1, 0.15) is 17.3 Å². The second-order valence-corrected chi connectivity index (χ2v) is 6.70. The van der Waals surface area contributed by atoms with Crippen LogP contribution in [-0.2, 0) is 24.2 Å². The Labute approximate surface area is 171 Å². The summed E-state index contributed by atoms with van der Waals surface area (Å²) in [6.07, 6.45) is 1.47. The summed E-state index contributed by atoms with van der Waals surface area (Å²) in [6, 6.07) is 11.0. The zero-order chi connectivity index (χ0) is 20.5. The number of hydrogen-bond acceptors (Lipinski definition) is 4. The average molecular weight is 401 g/mol. The van der Waals surface area contributed by atoms with Gasteiger partial charge in [0, 0.05) is 25.2 Å². The van der Waals surface area contributed by atoms with Crippen LogP contribution >= 0.6 is 0 Å². The van der Waals surface area contributed by atoms with Gasteiger partial charge in [-0.25, -0.2) is 4.39 Å². The van der Waals surface area contributed by atoms with E-state index in [1.54, 1.807) is 7.11 Å². The van der Waals surface area contributed by atoms with Crippen molar-refractivity contribution in [2.45, 2.75) is 26.4 Å². The van der Waals surface area contributed by atoms with Gasteiger partial charge in [-0.05, 0) is 55.2 Å². The largest absolute Gasteiger partial charge is 0.497 e. The van der Waals surface area contributed by atoms with E-state index < -0.39 is 0 Å². The van der Waals surface area contributed by atoms with Crippen LogP contribution in [0.3, 0.4) is 0 Å². The highest BCUT2D eigenvalue weighted by Crippen LogP contribution is 2.29. The summed E-state index contributed by atoms with van der Waals surface area (Å²) >= 11 is 0. The number of hydrogen-bond donors (Lipinski definition) is 2. The van der Waals surface area contributed by atoms with Crippen LogP contribution < -0.4 is 20.1 Å². The predicted molar refractivity (Wildman–Crippen MR) is 111 cm³/mol. The molecule has 1 aliphatic rings. The maximum Gasteiger partial charge on any atom is 0.191 e. The van der Waals surface area contributed by atoms with Crippen LogP contribution in [-0.4, -0.2) is 39.5 Å². The minimum Gasteiger partial charge on any atom is -0.497 e. The first-order valence-corrected chi connectivity index (χ1v) is 9.86. The number of halogens is 1. The lowest BCUT2D eigenvalue weighted by molar-refractivity contribution is -0.0172. The molecule has 29 heavy (non-hydrogen) atoms. The normalized spacial score (nSPS) is 13.4. The van der Waals surface area contributed by atoms with Crippen molar-refractivity contribution in [3.8, 4) is 11.5 Å². The SMILES string of the molecule is CCNC(=NCCc1cc(F)cc2c1OCOC2)NCCc1ccc(OC)cc1. The van der Waals surface area contributed by atoms with Gasteiger partial charge < -0.3 is 24.8 Å². The molecule has 3 rings (SSSR count). The summed E-state index contributed by atoms with van der Waals surface area (Å²) in [5, 5.41) is 6.58. The van der Waals surface area contributed by atoms with Crippen molar-refractivity contribution in [1.29, 1.82) is 0 Å². The highest BCUT2D eigenvalue weighted by molar-refractivity contribution is 5.79. The van der Waals surface area contributed by atoms with Gasteiger partial charge >= 0.3 is 0 Å². The summed E-state index contributed by atoms with van der Waals surface area (Å²) in [7, 11) is 1.66. The molecule has 0 saturated heterocycles. The summed E-state index contributed by atoms with van der Waals surface area (Å²) < 4.78 is 29.8. The molecular weight excluding hydrogens is 373 g/mol. The molecule has 0 unspecified atom stereocenters. The van der Waals surface area contributed by atoms with Gasteiger partial charge in [0.15, 0.2) is 12.8 Å². The third kappa shape index (κ3) is 6.09. The van der Waals surface area contributed by atoms with Gasteiger partial charge in [-0.3, -0.25) is 4.99 Å². The predicted octanol–water partition coefficient (Wildman–Crippen LogP) is 3.04. The zero-order valence-electron chi connectivity index (χ0n) is 17.0. The number of fused-ring (bicyclic) bond motifs is 1. The van der Waals surface area contributed by atoms with Crippen molar-refractivity contribution in [3.05, 3.63) is 58.9 Å². The lowest BCUT2D eigenvalue weighted by Crippen LogP contribution is -2.38. The van der Waals surface area contributed by atoms with E-state index in [0.29, 0.717) is 19.6 Å². The van der Waals surface area contributed by atoms with E-state index in [1.165, 1.54) is 17.7 Å². The van der Waals surface area contributed by atoms with Gasteiger partial charge in [0.2, 0.25) is 0 Å². The smallest absolute Gasteiger partial charge is 0.191 e. The number of nitrogens with zero attached hydrogens (tertiary/aromatic N) is 1. The monoisotopic (exact) mass is 401 g/mol. The van der Waals surface area contributed by atoms with Gasteiger partial charge in [0.25, 0.3) is 0 Å². The summed E-state index contributed by atoms with van der Waals surface area (Å²) in [4.78, 5) is 4.61. The molecule has 1 aliphatic heterocycles. The third-order valence-corrected chi connectivity index (χ3v) is 4.61. The molecule has 6 nitrogen and oxygen atoms in total. The first-order valence-electron chi connectivity index (χ1n) is 9.86. The maximum atomic E-state index is 13.9. The fourth-order valence-corrected chi connectivity index (χ4v) is 3.19. The van der Waals surface area contributed by atoms with Gasteiger partial charge in [-0.2, -0.15) is 0 Å². The van der Waals surface area contributed by atoms with Crippen LogP contribution in [0.15, 0.2) is 41.4 Å². The first-order chi connectivity index (χ1) is 14.2. The zero-order valence-corrected chi connectivity index (χ0v) is 17.0. The molecule has 0 fully saturated rings. The topological polar surface area (TPSA) is 64.1 Å². The Morgan fingerprint density at radius 1 is 1.17 bits per heavy atom. The number of methoxy groups -OCH3 is 1. The first kappa shape index (κ1) is 20.9. The van der Waals surface area contributed by atoms with Gasteiger partial charge in [-0.15, -0.1) is 0 Å². The highest BCUT2D eigenvalue weighted by atomic mass is 19.1. The van der Waals surface area contributed by atoms with Crippen molar-refractivity contribution in [2.24, 2.45) is 4.99 Å². The second-order valence-electron chi connectivity index (χ2n) is 6.70. The van der Waals surface area contributed by atoms with Crippen LogP contribution in [0.25, 0.3) is 0 Å². The number of aliphatic imine (C=N–C) groups is 1. The van der Waals surface area contributed by atoms with E-state index >= 15 is 0 Å². The molecule has 156 valence electrons. The minimum atomic E-state index is -0.277. The number of rotatable bonds is 8. The molecule has 0 bridgehead atoms. The molecule has 0 aromatic heterocycles. The summed E-state index contributed by atoms with van der Waals surface area (Å²) in [5.74, 6) is 2.05. The molecule has 0 saturated carbocycles. The van der Waals surface area contributed by atoms with Crippen molar-refractivity contribution < 1.29 is 18.6 Å². The molecule has 1 heterocycles. The molecule has 0 spiro atoms. The van der Waals surface area contributed by atoms with Crippen molar-refractivity contribution in [2.75, 3.05) is 33.5 Å². The number of ether oxygens (including phenoxy) is 3. The van der Waals surface area contributed by atoms with E-state index in [2.05, 4.69) is 27.8 Å². The Kier molecular flexibility index (Phi) is 7.69. The molecule has 2 aromatic rings. The highest BCUT2D eigenvalue weighted by Gasteiger charge is 2.16. The Morgan fingerprint density at radius 2 is 2.00 bits per heavy atom. The lowest BCUT2D eigenvalue weighted by Gasteiger charge is -2.20. The molecule has 7 heteroatoms. The van der Waals surface area contributed by atoms with Crippen LogP contribution in [0.2, 0.25) is 0 Å². The van der Waals surface area contributed by atoms with E-state index in [1.807, 2.05) is 19.1 Å². The fourth-order valence-electron chi connectivity index (χ4n) is 3.19. The molecule has 0 aliphatic carbocycles. The molecular formula is C22H28FN3O3. The standard InChI is InChI=1S/C22H28FN3O3/c1-3-24-22(25-10-8-16-4-6-20(27-2)7-5-16)26-11-9-17-12-19(23)13-18-14-28-15-29-21(17)18/h4-7,12-13H,3,8-11,14-15H2,1-2H3,(H2,24,25,26). The van der Waals surface area contributed by atoms with Gasteiger partial charge in [0.05, 0.1) is 13.7 Å². The maximum absolute atomic E-state index is 13.9. The molecule has 0 amide bonds. The van der Waals surface area contributed by atoms with Crippen LogP contribution in [0, 0.1) is 5.82 Å². The molecule has 2 N–H and O–H groups in total. The average Bonchev–Trinajstić information content (AvgIpc) is 2.74. The van der Waals surface area contributed by atoms with Crippen LogP contribution in [0.4, 0.5) is 4.39 Å². The second kappa shape index (κ2) is 10.7. The molecule has 0 atom stereocenters. The molecule has 2 aromatic carbocycles. The van der Waals surface area contributed by atoms with Crippen molar-refractivity contribution >= 4 is 5.96 Å².